The van der Waals surface area contributed by atoms with Crippen LogP contribution in [0, 0.1) is 18.8 Å². The van der Waals surface area contributed by atoms with Gasteiger partial charge in [-0.1, -0.05) is 12.0 Å². The van der Waals surface area contributed by atoms with Gasteiger partial charge in [0.25, 0.3) is 0 Å². The van der Waals surface area contributed by atoms with Gasteiger partial charge in [-0.25, -0.2) is 32.7 Å². The maximum absolute atomic E-state index is 14.8. The van der Waals surface area contributed by atoms with Gasteiger partial charge in [-0.3, -0.25) is 9.55 Å². The van der Waals surface area contributed by atoms with Gasteiger partial charge in [0.05, 0.1) is 19.8 Å². The average molecular weight is 668 g/mol. The van der Waals surface area contributed by atoms with Crippen molar-refractivity contribution >= 4 is 26.0 Å². The average Bonchev–Trinajstić information content (AvgIpc) is 3.45. The molecule has 246 valence electrons. The second-order valence-electron chi connectivity index (χ2n) is 11.4. The zero-order chi connectivity index (χ0) is 33.6. The minimum absolute atomic E-state index is 0.0687. The van der Waals surface area contributed by atoms with Crippen LogP contribution in [0.15, 0.2) is 49.1 Å². The Labute approximate surface area is 272 Å². The summed E-state index contributed by atoms with van der Waals surface area (Å²) in [4.78, 5) is 13.1. The van der Waals surface area contributed by atoms with Crippen LogP contribution in [0.2, 0.25) is 0 Å². The first-order valence-electron chi connectivity index (χ1n) is 14.4. The molecule has 3 heterocycles. The third-order valence-corrected chi connectivity index (χ3v) is 10.7. The fraction of sp³-hybridized carbons (Fsp3) is 0.406. The largest absolute Gasteiger partial charge is 0.494 e. The van der Waals surface area contributed by atoms with Gasteiger partial charge in [0.2, 0.25) is 16.0 Å². The molecule has 14 heteroatoms. The molecule has 0 amide bonds. The van der Waals surface area contributed by atoms with Gasteiger partial charge in [-0.2, -0.15) is 0 Å². The molecular weight excluding hydrogens is 627 g/mol. The highest BCUT2D eigenvalue weighted by atomic mass is 32.3. The topological polar surface area (TPSA) is 134 Å². The lowest BCUT2D eigenvalue weighted by Crippen LogP contribution is -2.44. The van der Waals surface area contributed by atoms with Gasteiger partial charge in [0.1, 0.15) is 28.5 Å². The Kier molecular flexibility index (Phi) is 10.9. The number of ether oxygens (including phenoxy) is 3. The predicted molar refractivity (Wildman–Crippen MR) is 183 cm³/mol. The summed E-state index contributed by atoms with van der Waals surface area (Å²) in [5, 5.41) is 7.95. The highest BCUT2D eigenvalue weighted by Crippen LogP contribution is 2.41. The number of hydrogen-bond donors (Lipinski definition) is 0. The molecule has 0 bridgehead atoms. The van der Waals surface area contributed by atoms with Crippen molar-refractivity contribution in [1.29, 1.82) is 0 Å². The Hall–Kier alpha value is -4.19. The van der Waals surface area contributed by atoms with Crippen LogP contribution in [-0.4, -0.2) is 95.8 Å². The van der Waals surface area contributed by atoms with E-state index in [1.165, 1.54) is 25.6 Å². The first kappa shape index (κ1) is 34.7. The number of benzene rings is 1. The monoisotopic (exact) mass is 667 g/mol. The van der Waals surface area contributed by atoms with Gasteiger partial charge in [-0.15, -0.1) is 16.1 Å². The van der Waals surface area contributed by atoms with E-state index in [2.05, 4.69) is 55.8 Å². The Bertz CT molecular complexity index is 1810. The Morgan fingerprint density at radius 1 is 0.978 bits per heavy atom. The first-order valence-corrected chi connectivity index (χ1v) is 18.9. The molecule has 0 aliphatic rings. The van der Waals surface area contributed by atoms with Crippen molar-refractivity contribution in [1.82, 2.24) is 29.7 Å². The first-order chi connectivity index (χ1) is 21.9. The molecule has 12 nitrogen and oxygen atoms in total. The highest BCUT2D eigenvalue weighted by molar-refractivity contribution is 8.32. The third kappa shape index (κ3) is 7.43. The maximum atomic E-state index is 14.8. The van der Waals surface area contributed by atoms with Gasteiger partial charge < -0.3 is 14.2 Å². The second kappa shape index (κ2) is 14.5. The number of aryl methyl sites for hydroxylation is 1. The van der Waals surface area contributed by atoms with Crippen molar-refractivity contribution in [2.45, 2.75) is 32.1 Å². The van der Waals surface area contributed by atoms with E-state index in [9.17, 15) is 8.42 Å². The van der Waals surface area contributed by atoms with Crippen molar-refractivity contribution in [3.8, 4) is 40.4 Å². The van der Waals surface area contributed by atoms with E-state index in [1.807, 2.05) is 13.0 Å². The van der Waals surface area contributed by atoms with E-state index in [0.717, 1.165) is 5.56 Å². The van der Waals surface area contributed by atoms with Gasteiger partial charge in [0, 0.05) is 44.0 Å². The summed E-state index contributed by atoms with van der Waals surface area (Å²) in [5.41, 5.74) is 2.59. The van der Waals surface area contributed by atoms with Crippen molar-refractivity contribution in [3.05, 3.63) is 66.0 Å². The SMILES string of the molecule is CC#Cc1cnc([C@@H](OC)[C@H](C)S(=O)(=O)N(CCS(C)(C)C)c2nnc(-c3cncc(C)c3)n2-c2c(OC)cccc2OC)nc1. The highest BCUT2D eigenvalue weighted by Gasteiger charge is 2.40. The number of methoxy groups -OCH3 is 3. The molecule has 4 rings (SSSR count). The van der Waals surface area contributed by atoms with Gasteiger partial charge >= 0.3 is 0 Å². The van der Waals surface area contributed by atoms with Gasteiger partial charge in [-0.05, 0) is 69.1 Å². The van der Waals surface area contributed by atoms with E-state index in [4.69, 9.17) is 14.2 Å². The van der Waals surface area contributed by atoms with E-state index in [1.54, 1.807) is 61.4 Å². The quantitative estimate of drug-likeness (QED) is 0.189. The smallest absolute Gasteiger partial charge is 0.246 e. The summed E-state index contributed by atoms with van der Waals surface area (Å²) in [6.07, 6.45) is 11.9. The number of rotatable bonds is 13. The number of para-hydroxylation sites is 1. The Morgan fingerprint density at radius 2 is 1.63 bits per heavy atom. The zero-order valence-electron chi connectivity index (χ0n) is 27.7. The molecule has 4 aromatic rings. The number of sulfonamides is 1. The van der Waals surface area contributed by atoms with Gasteiger partial charge in [0.15, 0.2) is 11.6 Å². The minimum Gasteiger partial charge on any atom is -0.494 e. The Balaban J connectivity index is 1.97. The summed E-state index contributed by atoms with van der Waals surface area (Å²) in [7, 11) is -0.842. The lowest BCUT2D eigenvalue weighted by Gasteiger charge is -2.33. The van der Waals surface area contributed by atoms with Crippen LogP contribution >= 0.6 is 10.0 Å². The van der Waals surface area contributed by atoms with E-state index in [-0.39, 0.29) is 18.3 Å². The van der Waals surface area contributed by atoms with Crippen LogP contribution in [0.25, 0.3) is 17.1 Å². The Morgan fingerprint density at radius 3 is 2.17 bits per heavy atom. The molecule has 0 radical (unpaired) electrons. The van der Waals surface area contributed by atoms with Crippen molar-refractivity contribution in [2.24, 2.45) is 0 Å². The summed E-state index contributed by atoms with van der Waals surface area (Å²) in [6.45, 7) is 5.35. The normalized spacial score (nSPS) is 13.3. The standard InChI is InChI=1S/C32H41N7O5S2/c1-10-12-24-19-34-30(35-20-24)29(44-6)23(3)46(40,41)38(15-16-45(7,8)9)32-37-36-31(25-17-22(2)18-33-21-25)39(32)28-26(42-4)13-11-14-27(28)43-5/h11,13-14,17-21,23,29H,15-16H2,1-9H3/t23-,29-/m0/s1. The molecule has 1 aromatic carbocycles. The number of aromatic nitrogens is 6. The minimum atomic E-state index is -4.21. The fourth-order valence-corrected chi connectivity index (χ4v) is 7.30. The van der Waals surface area contributed by atoms with E-state index < -0.39 is 31.4 Å². The third-order valence-electron chi connectivity index (χ3n) is 7.19. The number of hydrogen-bond acceptors (Lipinski definition) is 10. The lowest BCUT2D eigenvalue weighted by atomic mass is 10.2. The van der Waals surface area contributed by atoms with Crippen molar-refractivity contribution in [3.63, 3.8) is 0 Å². The van der Waals surface area contributed by atoms with E-state index in [0.29, 0.717) is 39.9 Å². The molecule has 0 unspecified atom stereocenters. The van der Waals surface area contributed by atoms with Crippen LogP contribution < -0.4 is 13.8 Å². The van der Waals surface area contributed by atoms with Crippen LogP contribution in [0.3, 0.4) is 0 Å². The second-order valence-corrected chi connectivity index (χ2v) is 18.2. The molecule has 0 spiro atoms. The molecule has 0 aliphatic carbocycles. The summed E-state index contributed by atoms with van der Waals surface area (Å²) < 4.78 is 49.9. The molecule has 0 N–H and O–H groups in total. The molecule has 0 saturated carbocycles. The van der Waals surface area contributed by atoms with Crippen LogP contribution in [0.4, 0.5) is 5.95 Å². The number of nitrogens with zero attached hydrogens (tertiary/aromatic N) is 7. The fourth-order valence-electron chi connectivity index (χ4n) is 4.82. The predicted octanol–water partition coefficient (Wildman–Crippen LogP) is 4.42. The number of anilines is 1. The molecule has 46 heavy (non-hydrogen) atoms. The van der Waals surface area contributed by atoms with Crippen LogP contribution in [0.5, 0.6) is 11.5 Å². The van der Waals surface area contributed by atoms with Crippen molar-refractivity contribution < 1.29 is 22.6 Å². The molecule has 0 saturated heterocycles. The maximum Gasteiger partial charge on any atom is 0.246 e. The summed E-state index contributed by atoms with van der Waals surface area (Å²) in [6, 6.07) is 7.24. The van der Waals surface area contributed by atoms with E-state index >= 15 is 0 Å². The van der Waals surface area contributed by atoms with Crippen LogP contribution in [0.1, 0.15) is 36.9 Å². The lowest BCUT2D eigenvalue weighted by molar-refractivity contribution is 0.0947. The molecule has 0 aliphatic heterocycles. The number of pyridine rings is 1. The molecular formula is C32H41N7O5S2. The van der Waals surface area contributed by atoms with Crippen LogP contribution in [-0.2, 0) is 14.8 Å². The zero-order valence-corrected chi connectivity index (χ0v) is 29.3. The molecule has 3 aromatic heterocycles. The summed E-state index contributed by atoms with van der Waals surface area (Å²) >= 11 is 0. The summed E-state index contributed by atoms with van der Waals surface area (Å²) in [5.74, 6) is 7.83. The molecule has 0 fully saturated rings. The van der Waals surface area contributed by atoms with Crippen molar-refractivity contribution in [2.75, 3.05) is 56.7 Å². The molecule has 2 atom stereocenters.